The molecule has 0 saturated carbocycles. The molecule has 0 amide bonds. The van der Waals surface area contributed by atoms with Crippen LogP contribution in [0.25, 0.3) is 0 Å². The molecule has 1 aromatic rings. The van der Waals surface area contributed by atoms with Crippen LogP contribution in [-0.2, 0) is 9.57 Å². The maximum Gasteiger partial charge on any atom is 0.140 e. The Balaban J connectivity index is 2.45. The van der Waals surface area contributed by atoms with Crippen molar-refractivity contribution >= 4 is 11.9 Å². The van der Waals surface area contributed by atoms with Gasteiger partial charge in [-0.15, -0.1) is 0 Å². The summed E-state index contributed by atoms with van der Waals surface area (Å²) in [4.78, 5) is 7.19. The van der Waals surface area contributed by atoms with Crippen LogP contribution in [0.4, 0.5) is 5.69 Å². The average Bonchev–Trinajstić information content (AvgIpc) is 2.38. The Kier molecular flexibility index (Phi) is 6.10. The van der Waals surface area contributed by atoms with Crippen LogP contribution in [0.3, 0.4) is 0 Å². The topological polar surface area (TPSA) is 34.1 Å². The summed E-state index contributed by atoms with van der Waals surface area (Å²) in [6.45, 7) is 4.15. The fourth-order valence-electron chi connectivity index (χ4n) is 1.27. The number of benzene rings is 1. The van der Waals surface area contributed by atoms with Crippen LogP contribution in [0, 0.1) is 0 Å². The largest absolute Gasteiger partial charge is 0.393 e. The molecule has 0 bridgehead atoms. The molecule has 4 nitrogen and oxygen atoms in total. The molecule has 0 heterocycles. The van der Waals surface area contributed by atoms with E-state index < -0.39 is 0 Å². The second-order valence-electron chi connectivity index (χ2n) is 3.67. The van der Waals surface area contributed by atoms with Crippen LogP contribution in [-0.4, -0.2) is 40.1 Å². The highest BCUT2D eigenvalue weighted by Gasteiger charge is 1.96. The van der Waals surface area contributed by atoms with E-state index >= 15 is 0 Å². The fourth-order valence-corrected chi connectivity index (χ4v) is 1.27. The van der Waals surface area contributed by atoms with Gasteiger partial charge in [0.2, 0.25) is 0 Å². The van der Waals surface area contributed by atoms with Crippen molar-refractivity contribution in [3.05, 3.63) is 29.8 Å². The van der Waals surface area contributed by atoms with Gasteiger partial charge in [-0.25, -0.2) is 0 Å². The second-order valence-corrected chi connectivity index (χ2v) is 3.67. The van der Waals surface area contributed by atoms with Gasteiger partial charge in [-0.3, -0.25) is 0 Å². The molecular weight excluding hydrogens is 216 g/mol. The highest BCUT2D eigenvalue weighted by atomic mass is 16.6. The van der Waals surface area contributed by atoms with Crippen molar-refractivity contribution in [1.82, 2.24) is 0 Å². The van der Waals surface area contributed by atoms with Gasteiger partial charge in [0.25, 0.3) is 0 Å². The first-order valence-electron chi connectivity index (χ1n) is 5.73. The molecule has 1 aromatic carbocycles. The molecular formula is C13H20N2O2. The molecule has 0 N–H and O–H groups in total. The fraction of sp³-hybridized carbons (Fsp3) is 0.462. The Labute approximate surface area is 103 Å². The van der Waals surface area contributed by atoms with E-state index in [2.05, 4.69) is 36.2 Å². The van der Waals surface area contributed by atoms with E-state index in [1.807, 2.05) is 12.1 Å². The van der Waals surface area contributed by atoms with Gasteiger partial charge in [0.1, 0.15) is 6.61 Å². The molecule has 17 heavy (non-hydrogen) atoms. The van der Waals surface area contributed by atoms with Crippen LogP contribution in [0.15, 0.2) is 29.4 Å². The third-order valence-electron chi connectivity index (χ3n) is 2.46. The van der Waals surface area contributed by atoms with E-state index in [4.69, 9.17) is 9.57 Å². The van der Waals surface area contributed by atoms with Crippen molar-refractivity contribution in [2.45, 2.75) is 6.92 Å². The first-order chi connectivity index (χ1) is 8.27. The number of ether oxygens (including phenoxy) is 1. The molecule has 1 rings (SSSR count). The van der Waals surface area contributed by atoms with Crippen molar-refractivity contribution in [1.29, 1.82) is 0 Å². The lowest BCUT2D eigenvalue weighted by molar-refractivity contribution is 0.0760. The molecule has 0 radical (unpaired) electrons. The molecule has 0 fully saturated rings. The molecule has 0 aliphatic heterocycles. The summed E-state index contributed by atoms with van der Waals surface area (Å²) < 4.78 is 4.84. The number of nitrogens with zero attached hydrogens (tertiary/aromatic N) is 2. The Morgan fingerprint density at radius 3 is 2.53 bits per heavy atom. The molecule has 0 spiro atoms. The van der Waals surface area contributed by atoms with Gasteiger partial charge in [-0.2, -0.15) is 0 Å². The van der Waals surface area contributed by atoms with E-state index in [0.717, 1.165) is 12.1 Å². The van der Waals surface area contributed by atoms with E-state index in [1.165, 1.54) is 5.69 Å². The number of oxime groups is 1. The molecule has 0 aliphatic rings. The van der Waals surface area contributed by atoms with Crippen molar-refractivity contribution < 1.29 is 9.57 Å². The number of anilines is 1. The van der Waals surface area contributed by atoms with Gasteiger partial charge in [0, 0.05) is 26.4 Å². The van der Waals surface area contributed by atoms with Crippen LogP contribution < -0.4 is 4.90 Å². The van der Waals surface area contributed by atoms with Gasteiger partial charge in [0.05, 0.1) is 12.8 Å². The van der Waals surface area contributed by atoms with E-state index in [0.29, 0.717) is 13.2 Å². The summed E-state index contributed by atoms with van der Waals surface area (Å²) in [6, 6.07) is 8.18. The lowest BCUT2D eigenvalue weighted by Gasteiger charge is -2.16. The number of methoxy groups -OCH3 is 1. The number of rotatable bonds is 7. The average molecular weight is 236 g/mol. The van der Waals surface area contributed by atoms with Gasteiger partial charge in [-0.1, -0.05) is 17.3 Å². The van der Waals surface area contributed by atoms with Crippen molar-refractivity contribution in [3.63, 3.8) is 0 Å². The van der Waals surface area contributed by atoms with Gasteiger partial charge < -0.3 is 14.5 Å². The highest BCUT2D eigenvalue weighted by Crippen LogP contribution is 2.12. The highest BCUT2D eigenvalue weighted by molar-refractivity contribution is 5.79. The predicted octanol–water partition coefficient (Wildman–Crippen LogP) is 2.14. The normalized spacial score (nSPS) is 10.8. The summed E-state index contributed by atoms with van der Waals surface area (Å²) in [5, 5.41) is 3.86. The standard InChI is InChI=1S/C13H20N2O2/c1-4-15(2)13-7-5-12(6-8-13)11-14-17-10-9-16-3/h5-8,11H,4,9-10H2,1-3H3/b14-11+. The van der Waals surface area contributed by atoms with E-state index in [9.17, 15) is 0 Å². The SMILES string of the molecule is CCN(C)c1ccc(/C=N/OCCOC)cc1. The third kappa shape index (κ3) is 4.87. The Morgan fingerprint density at radius 1 is 1.24 bits per heavy atom. The third-order valence-corrected chi connectivity index (χ3v) is 2.46. The smallest absolute Gasteiger partial charge is 0.140 e. The van der Waals surface area contributed by atoms with Crippen molar-refractivity contribution in [2.75, 3.05) is 38.8 Å². The molecule has 0 saturated heterocycles. The van der Waals surface area contributed by atoms with Gasteiger partial charge >= 0.3 is 0 Å². The first kappa shape index (κ1) is 13.5. The quantitative estimate of drug-likeness (QED) is 0.413. The molecule has 4 heteroatoms. The minimum absolute atomic E-state index is 0.476. The zero-order chi connectivity index (χ0) is 12.5. The number of hydrogen-bond acceptors (Lipinski definition) is 4. The minimum Gasteiger partial charge on any atom is -0.393 e. The van der Waals surface area contributed by atoms with Crippen LogP contribution in [0.5, 0.6) is 0 Å². The summed E-state index contributed by atoms with van der Waals surface area (Å²) >= 11 is 0. The summed E-state index contributed by atoms with van der Waals surface area (Å²) in [6.07, 6.45) is 1.70. The maximum absolute atomic E-state index is 5.01. The van der Waals surface area contributed by atoms with E-state index in [1.54, 1.807) is 13.3 Å². The van der Waals surface area contributed by atoms with Crippen LogP contribution in [0.2, 0.25) is 0 Å². The monoisotopic (exact) mass is 236 g/mol. The zero-order valence-electron chi connectivity index (χ0n) is 10.7. The summed E-state index contributed by atoms with van der Waals surface area (Å²) in [5.74, 6) is 0. The molecule has 0 atom stereocenters. The zero-order valence-corrected chi connectivity index (χ0v) is 10.7. The van der Waals surface area contributed by atoms with Crippen LogP contribution in [0.1, 0.15) is 12.5 Å². The Hall–Kier alpha value is -1.55. The van der Waals surface area contributed by atoms with E-state index in [-0.39, 0.29) is 0 Å². The summed E-state index contributed by atoms with van der Waals surface area (Å²) in [5.41, 5.74) is 2.22. The lowest BCUT2D eigenvalue weighted by Crippen LogP contribution is -2.15. The number of hydrogen-bond donors (Lipinski definition) is 0. The second kappa shape index (κ2) is 7.68. The van der Waals surface area contributed by atoms with Gasteiger partial charge in [-0.05, 0) is 24.6 Å². The first-order valence-corrected chi connectivity index (χ1v) is 5.73. The summed E-state index contributed by atoms with van der Waals surface area (Å²) in [7, 11) is 3.70. The van der Waals surface area contributed by atoms with Crippen LogP contribution >= 0.6 is 0 Å². The van der Waals surface area contributed by atoms with Gasteiger partial charge in [0.15, 0.2) is 0 Å². The molecule has 0 aliphatic carbocycles. The Bertz CT molecular complexity index is 336. The predicted molar refractivity (Wildman–Crippen MR) is 70.8 cm³/mol. The molecule has 94 valence electrons. The lowest BCUT2D eigenvalue weighted by atomic mass is 10.2. The molecule has 0 unspecified atom stereocenters. The van der Waals surface area contributed by atoms with Crippen molar-refractivity contribution in [2.24, 2.45) is 5.16 Å². The van der Waals surface area contributed by atoms with Crippen molar-refractivity contribution in [3.8, 4) is 0 Å². The molecule has 0 aromatic heterocycles. The Morgan fingerprint density at radius 2 is 1.94 bits per heavy atom. The minimum atomic E-state index is 0.476. The maximum atomic E-state index is 5.01.